The molecule has 116 valence electrons. The number of hydrogen-bond donors (Lipinski definition) is 1. The van der Waals surface area contributed by atoms with Crippen LogP contribution in [0.3, 0.4) is 0 Å². The summed E-state index contributed by atoms with van der Waals surface area (Å²) in [5.41, 5.74) is 0.685. The number of amides is 1. The van der Waals surface area contributed by atoms with Crippen molar-refractivity contribution < 1.29 is 4.79 Å². The highest BCUT2D eigenvalue weighted by Crippen LogP contribution is 2.19. The summed E-state index contributed by atoms with van der Waals surface area (Å²) in [5.74, 6) is 0.595. The lowest BCUT2D eigenvalue weighted by Gasteiger charge is -2.34. The fourth-order valence-electron chi connectivity index (χ4n) is 2.73. The number of thioether (sulfide) groups is 1. The van der Waals surface area contributed by atoms with Crippen molar-refractivity contribution in [3.05, 3.63) is 23.9 Å². The largest absolute Gasteiger partial charge is 0.352 e. The summed E-state index contributed by atoms with van der Waals surface area (Å²) in [7, 11) is 0. The zero-order valence-corrected chi connectivity index (χ0v) is 13.9. The van der Waals surface area contributed by atoms with Crippen LogP contribution in [0.15, 0.2) is 23.4 Å². The Kier molecular flexibility index (Phi) is 6.06. The fourth-order valence-corrected chi connectivity index (χ4v) is 3.28. The van der Waals surface area contributed by atoms with E-state index in [9.17, 15) is 4.79 Å². The quantitative estimate of drug-likeness (QED) is 0.850. The van der Waals surface area contributed by atoms with Crippen LogP contribution >= 0.6 is 11.8 Å². The molecule has 0 bridgehead atoms. The first-order valence-electron chi connectivity index (χ1n) is 7.63. The van der Waals surface area contributed by atoms with E-state index in [-0.39, 0.29) is 5.91 Å². The molecule has 1 amide bonds. The van der Waals surface area contributed by atoms with E-state index in [0.717, 1.165) is 24.7 Å². The highest BCUT2D eigenvalue weighted by atomic mass is 32.2. The normalized spacial score (nSPS) is 17.1. The van der Waals surface area contributed by atoms with Gasteiger partial charge in [0.05, 0.1) is 5.56 Å². The maximum Gasteiger partial charge on any atom is 0.254 e. The number of piperidine rings is 1. The predicted molar refractivity (Wildman–Crippen MR) is 87.8 cm³/mol. The van der Waals surface area contributed by atoms with Crippen molar-refractivity contribution in [2.24, 2.45) is 5.92 Å². The number of carbonyl (C=O) groups is 1. The molecule has 0 spiro atoms. The van der Waals surface area contributed by atoms with Gasteiger partial charge in [0.2, 0.25) is 0 Å². The molecule has 0 saturated carbocycles. The molecule has 0 aliphatic carbocycles. The van der Waals surface area contributed by atoms with E-state index in [4.69, 9.17) is 0 Å². The van der Waals surface area contributed by atoms with Gasteiger partial charge in [-0.1, -0.05) is 0 Å². The van der Waals surface area contributed by atoms with E-state index >= 15 is 0 Å². The molecule has 1 N–H and O–H groups in total. The van der Waals surface area contributed by atoms with Gasteiger partial charge < -0.3 is 10.2 Å². The molecule has 2 heterocycles. The van der Waals surface area contributed by atoms with E-state index in [1.165, 1.54) is 24.6 Å². The average molecular weight is 307 g/mol. The molecule has 21 heavy (non-hydrogen) atoms. The Hall–Kier alpha value is -1.07. The Morgan fingerprint density at radius 2 is 2.19 bits per heavy atom. The monoisotopic (exact) mass is 307 g/mol. The number of pyridine rings is 1. The van der Waals surface area contributed by atoms with Gasteiger partial charge in [-0.3, -0.25) is 4.79 Å². The van der Waals surface area contributed by atoms with Gasteiger partial charge in [-0.2, -0.15) is 0 Å². The fraction of sp³-hybridized carbons (Fsp3) is 0.625. The molecule has 1 fully saturated rings. The Balaban J connectivity index is 1.82. The molecule has 0 aromatic carbocycles. The molecule has 1 saturated heterocycles. The average Bonchev–Trinajstić information content (AvgIpc) is 2.52. The van der Waals surface area contributed by atoms with Crippen molar-refractivity contribution >= 4 is 17.7 Å². The van der Waals surface area contributed by atoms with Crippen LogP contribution in [-0.4, -0.2) is 47.7 Å². The molecule has 1 aromatic rings. The van der Waals surface area contributed by atoms with Gasteiger partial charge >= 0.3 is 0 Å². The molecule has 5 heteroatoms. The van der Waals surface area contributed by atoms with Gasteiger partial charge in [0, 0.05) is 18.8 Å². The molecule has 0 unspecified atom stereocenters. The van der Waals surface area contributed by atoms with E-state index in [2.05, 4.69) is 29.0 Å². The van der Waals surface area contributed by atoms with Crippen molar-refractivity contribution in [3.8, 4) is 0 Å². The molecule has 1 aliphatic rings. The lowest BCUT2D eigenvalue weighted by molar-refractivity contribution is 0.0926. The zero-order chi connectivity index (χ0) is 15.2. The number of nitrogens with zero attached hydrogens (tertiary/aromatic N) is 2. The van der Waals surface area contributed by atoms with Crippen LogP contribution in [0.4, 0.5) is 0 Å². The van der Waals surface area contributed by atoms with Crippen LogP contribution < -0.4 is 5.32 Å². The summed E-state index contributed by atoms with van der Waals surface area (Å²) in [6, 6.07) is 4.28. The summed E-state index contributed by atoms with van der Waals surface area (Å²) in [6.07, 6.45) is 6.01. The third-order valence-corrected chi connectivity index (χ3v) is 4.85. The second-order valence-corrected chi connectivity index (χ2v) is 6.64. The minimum atomic E-state index is -0.00117. The molecular formula is C16H25N3OS. The second-order valence-electron chi connectivity index (χ2n) is 5.84. The number of nitrogens with one attached hydrogen (secondary N) is 1. The van der Waals surface area contributed by atoms with Crippen molar-refractivity contribution in [3.63, 3.8) is 0 Å². The van der Waals surface area contributed by atoms with Crippen LogP contribution in [-0.2, 0) is 0 Å². The van der Waals surface area contributed by atoms with Gasteiger partial charge in [0.1, 0.15) is 5.03 Å². The predicted octanol–water partition coefficient (Wildman–Crippen LogP) is 2.65. The molecule has 0 atom stereocenters. The first-order valence-corrected chi connectivity index (χ1v) is 8.85. The summed E-state index contributed by atoms with van der Waals surface area (Å²) >= 11 is 1.51. The van der Waals surface area contributed by atoms with Gasteiger partial charge in [-0.15, -0.1) is 11.8 Å². The van der Waals surface area contributed by atoms with E-state index in [0.29, 0.717) is 17.5 Å². The summed E-state index contributed by atoms with van der Waals surface area (Å²) in [4.78, 5) is 19.0. The van der Waals surface area contributed by atoms with E-state index < -0.39 is 0 Å². The number of rotatable bonds is 5. The zero-order valence-electron chi connectivity index (χ0n) is 13.1. The number of likely N-dealkylation sites (tertiary alicyclic amines) is 1. The van der Waals surface area contributed by atoms with Gasteiger partial charge in [-0.05, 0) is 64.1 Å². The lowest BCUT2D eigenvalue weighted by Crippen LogP contribution is -2.41. The van der Waals surface area contributed by atoms with Crippen LogP contribution in [0.2, 0.25) is 0 Å². The third-order valence-electron chi connectivity index (χ3n) is 4.14. The van der Waals surface area contributed by atoms with Gasteiger partial charge in [0.25, 0.3) is 5.91 Å². The Labute approximate surface area is 131 Å². The van der Waals surface area contributed by atoms with Crippen LogP contribution in [0.1, 0.15) is 37.0 Å². The Morgan fingerprint density at radius 1 is 1.48 bits per heavy atom. The Morgan fingerprint density at radius 3 is 2.81 bits per heavy atom. The standard InChI is InChI=1S/C16H25N3OS/c1-12(2)19-9-6-13(7-10-19)11-18-15(20)14-5-4-8-17-16(14)21-3/h4-5,8,12-13H,6-7,9-11H2,1-3H3,(H,18,20). The SMILES string of the molecule is CSc1ncccc1C(=O)NCC1CCN(C(C)C)CC1. The van der Waals surface area contributed by atoms with Crippen LogP contribution in [0.5, 0.6) is 0 Å². The van der Waals surface area contributed by atoms with E-state index in [1.807, 2.05) is 18.4 Å². The highest BCUT2D eigenvalue weighted by molar-refractivity contribution is 7.98. The third kappa shape index (κ3) is 4.45. The smallest absolute Gasteiger partial charge is 0.254 e. The Bertz CT molecular complexity index is 470. The highest BCUT2D eigenvalue weighted by Gasteiger charge is 2.21. The summed E-state index contributed by atoms with van der Waals surface area (Å²) in [5, 5.41) is 3.87. The maximum absolute atomic E-state index is 12.3. The second kappa shape index (κ2) is 7.80. The van der Waals surface area contributed by atoms with Crippen molar-refractivity contribution in [2.45, 2.75) is 37.8 Å². The molecule has 4 nitrogen and oxygen atoms in total. The number of hydrogen-bond acceptors (Lipinski definition) is 4. The lowest BCUT2D eigenvalue weighted by atomic mass is 9.96. The maximum atomic E-state index is 12.3. The number of carbonyl (C=O) groups excluding carboxylic acids is 1. The van der Waals surface area contributed by atoms with E-state index in [1.54, 1.807) is 6.20 Å². The van der Waals surface area contributed by atoms with Gasteiger partial charge in [-0.25, -0.2) is 4.98 Å². The molecule has 1 aliphatic heterocycles. The van der Waals surface area contributed by atoms with Crippen LogP contribution in [0.25, 0.3) is 0 Å². The molecule has 2 rings (SSSR count). The summed E-state index contributed by atoms with van der Waals surface area (Å²) in [6.45, 7) is 7.54. The first-order chi connectivity index (χ1) is 10.1. The molecule has 1 aromatic heterocycles. The van der Waals surface area contributed by atoms with Gasteiger partial charge in [0.15, 0.2) is 0 Å². The minimum absolute atomic E-state index is 0.00117. The first kappa shape index (κ1) is 16.3. The summed E-state index contributed by atoms with van der Waals surface area (Å²) < 4.78 is 0. The number of aromatic nitrogens is 1. The van der Waals surface area contributed by atoms with Crippen LogP contribution in [0, 0.1) is 5.92 Å². The van der Waals surface area contributed by atoms with Crippen molar-refractivity contribution in [2.75, 3.05) is 25.9 Å². The molecule has 0 radical (unpaired) electrons. The minimum Gasteiger partial charge on any atom is -0.352 e. The molecular weight excluding hydrogens is 282 g/mol. The van der Waals surface area contributed by atoms with Crippen molar-refractivity contribution in [1.29, 1.82) is 0 Å². The topological polar surface area (TPSA) is 45.2 Å². The van der Waals surface area contributed by atoms with Crippen molar-refractivity contribution in [1.82, 2.24) is 15.2 Å².